The third kappa shape index (κ3) is 3.85. The molecule has 0 unspecified atom stereocenters. The van der Waals surface area contributed by atoms with Gasteiger partial charge >= 0.3 is 12.0 Å². The lowest BCUT2D eigenvalue weighted by Gasteiger charge is -2.28. The summed E-state index contributed by atoms with van der Waals surface area (Å²) in [7, 11) is 0. The van der Waals surface area contributed by atoms with Crippen LogP contribution in [0.4, 0.5) is 4.79 Å². The Morgan fingerprint density at radius 1 is 1.15 bits per heavy atom. The Bertz CT molecular complexity index is 353. The molecule has 1 saturated carbocycles. The molecule has 6 heteroatoms. The first-order valence-electron chi connectivity index (χ1n) is 7.51. The van der Waals surface area contributed by atoms with Gasteiger partial charge in [-0.15, -0.1) is 0 Å². The van der Waals surface area contributed by atoms with Crippen LogP contribution in [0.1, 0.15) is 45.4 Å². The van der Waals surface area contributed by atoms with Crippen LogP contribution in [0.2, 0.25) is 0 Å². The average molecular weight is 284 g/mol. The van der Waals surface area contributed by atoms with Gasteiger partial charge in [0.1, 0.15) is 0 Å². The molecule has 0 aromatic rings. The molecule has 0 bridgehead atoms. The minimum atomic E-state index is -0.721. The molecular weight excluding hydrogens is 260 g/mol. The van der Waals surface area contributed by atoms with Crippen molar-refractivity contribution >= 4 is 12.0 Å². The van der Waals surface area contributed by atoms with Gasteiger partial charge in [-0.1, -0.05) is 6.92 Å². The Morgan fingerprint density at radius 2 is 1.85 bits per heavy atom. The molecule has 114 valence electrons. The first-order valence-corrected chi connectivity index (χ1v) is 7.51. The molecule has 2 aliphatic rings. The lowest BCUT2D eigenvalue weighted by Crippen LogP contribution is -2.49. The summed E-state index contributed by atoms with van der Waals surface area (Å²) in [6.45, 7) is 2.75. The van der Waals surface area contributed by atoms with Crippen molar-refractivity contribution in [3.63, 3.8) is 0 Å². The van der Waals surface area contributed by atoms with Gasteiger partial charge in [0.15, 0.2) is 0 Å². The number of ether oxygens (including phenoxy) is 1. The van der Waals surface area contributed by atoms with E-state index < -0.39 is 5.97 Å². The van der Waals surface area contributed by atoms with Gasteiger partial charge in [-0.2, -0.15) is 0 Å². The number of carboxylic acids is 1. The predicted molar refractivity (Wildman–Crippen MR) is 73.5 cm³/mol. The van der Waals surface area contributed by atoms with E-state index in [1.54, 1.807) is 0 Å². The normalized spacial score (nSPS) is 33.6. The fraction of sp³-hybridized carbons (Fsp3) is 0.857. The van der Waals surface area contributed by atoms with Crippen LogP contribution in [0, 0.1) is 5.92 Å². The molecular formula is C14H24N2O4. The quantitative estimate of drug-likeness (QED) is 0.730. The first-order chi connectivity index (χ1) is 9.60. The summed E-state index contributed by atoms with van der Waals surface area (Å²) in [5, 5.41) is 14.9. The Labute approximate surface area is 119 Å². The maximum absolute atomic E-state index is 12.0. The molecule has 6 nitrogen and oxygen atoms in total. The molecule has 0 radical (unpaired) electrons. The summed E-state index contributed by atoms with van der Waals surface area (Å²) in [6.07, 6.45) is 4.63. The predicted octanol–water partition coefficient (Wildman–Crippen LogP) is 1.50. The van der Waals surface area contributed by atoms with Crippen LogP contribution in [-0.4, -0.2) is 41.9 Å². The van der Waals surface area contributed by atoms with Crippen LogP contribution < -0.4 is 10.6 Å². The molecule has 1 aliphatic carbocycles. The molecule has 1 aliphatic heterocycles. The average Bonchev–Trinajstić information content (AvgIpc) is 2.86. The monoisotopic (exact) mass is 284 g/mol. The zero-order valence-electron chi connectivity index (χ0n) is 11.9. The Balaban J connectivity index is 1.71. The van der Waals surface area contributed by atoms with Crippen LogP contribution in [0.3, 0.4) is 0 Å². The number of aliphatic carboxylic acids is 1. The SMILES string of the molecule is CC[C@@H]1OCC[C@H]1NC(=O)NC1CCC(C(=O)O)CC1. The van der Waals surface area contributed by atoms with E-state index in [1.165, 1.54) is 0 Å². The molecule has 0 aromatic heterocycles. The number of hydrogen-bond acceptors (Lipinski definition) is 3. The molecule has 2 fully saturated rings. The molecule has 2 rings (SSSR count). The van der Waals surface area contributed by atoms with Gasteiger partial charge in [-0.05, 0) is 38.5 Å². The van der Waals surface area contributed by atoms with Crippen molar-refractivity contribution in [1.82, 2.24) is 10.6 Å². The van der Waals surface area contributed by atoms with Crippen molar-refractivity contribution in [2.75, 3.05) is 6.61 Å². The van der Waals surface area contributed by atoms with E-state index in [0.29, 0.717) is 19.4 Å². The third-order valence-corrected chi connectivity index (χ3v) is 4.34. The van der Waals surface area contributed by atoms with Gasteiger partial charge in [0.25, 0.3) is 0 Å². The highest BCUT2D eigenvalue weighted by atomic mass is 16.5. The molecule has 0 spiro atoms. The van der Waals surface area contributed by atoms with Crippen LogP contribution in [-0.2, 0) is 9.53 Å². The molecule has 3 N–H and O–H groups in total. The van der Waals surface area contributed by atoms with Crippen molar-refractivity contribution in [3.05, 3.63) is 0 Å². The molecule has 1 heterocycles. The van der Waals surface area contributed by atoms with E-state index in [-0.39, 0.29) is 30.1 Å². The molecule has 2 atom stereocenters. The Kier molecular flexibility index (Phi) is 5.23. The second kappa shape index (κ2) is 6.92. The second-order valence-electron chi connectivity index (χ2n) is 5.72. The highest BCUT2D eigenvalue weighted by Gasteiger charge is 2.30. The van der Waals surface area contributed by atoms with Gasteiger partial charge in [0.2, 0.25) is 0 Å². The van der Waals surface area contributed by atoms with Crippen LogP contribution in [0.25, 0.3) is 0 Å². The molecule has 2 amide bonds. The van der Waals surface area contributed by atoms with Crippen molar-refractivity contribution in [2.45, 2.75) is 63.6 Å². The minimum absolute atomic E-state index is 0.0907. The van der Waals surface area contributed by atoms with Gasteiger partial charge in [0.05, 0.1) is 18.1 Å². The highest BCUT2D eigenvalue weighted by Crippen LogP contribution is 2.24. The van der Waals surface area contributed by atoms with E-state index >= 15 is 0 Å². The van der Waals surface area contributed by atoms with E-state index in [4.69, 9.17) is 9.84 Å². The number of hydrogen-bond donors (Lipinski definition) is 3. The summed E-state index contributed by atoms with van der Waals surface area (Å²) in [6, 6.07) is 0.0288. The topological polar surface area (TPSA) is 87.7 Å². The van der Waals surface area contributed by atoms with Gasteiger partial charge in [-0.25, -0.2) is 4.79 Å². The standard InChI is InChI=1S/C14H24N2O4/c1-2-12-11(7-8-20-12)16-14(19)15-10-5-3-9(4-6-10)13(17)18/h9-12H,2-8H2,1H3,(H,17,18)(H2,15,16,19)/t9?,10?,11-,12+/m1/s1. The van der Waals surface area contributed by atoms with Crippen LogP contribution >= 0.6 is 0 Å². The van der Waals surface area contributed by atoms with E-state index in [1.807, 2.05) is 0 Å². The summed E-state index contributed by atoms with van der Waals surface area (Å²) >= 11 is 0. The van der Waals surface area contributed by atoms with Gasteiger partial charge in [-0.3, -0.25) is 4.79 Å². The summed E-state index contributed by atoms with van der Waals surface area (Å²) in [4.78, 5) is 22.8. The lowest BCUT2D eigenvalue weighted by molar-refractivity contribution is -0.142. The summed E-state index contributed by atoms with van der Waals surface area (Å²) < 4.78 is 5.54. The maximum Gasteiger partial charge on any atom is 0.315 e. The molecule has 0 aromatic carbocycles. The molecule has 1 saturated heterocycles. The fourth-order valence-electron chi connectivity index (χ4n) is 3.10. The highest BCUT2D eigenvalue weighted by molar-refractivity contribution is 5.75. The summed E-state index contributed by atoms with van der Waals surface area (Å²) in [5.74, 6) is -0.967. The zero-order valence-corrected chi connectivity index (χ0v) is 11.9. The number of urea groups is 1. The Hall–Kier alpha value is -1.30. The lowest BCUT2D eigenvalue weighted by atomic mass is 9.86. The van der Waals surface area contributed by atoms with Crippen molar-refractivity contribution in [2.24, 2.45) is 5.92 Å². The van der Waals surface area contributed by atoms with Gasteiger partial charge < -0.3 is 20.5 Å². The van der Waals surface area contributed by atoms with E-state index in [0.717, 1.165) is 25.7 Å². The number of nitrogens with one attached hydrogen (secondary N) is 2. The Morgan fingerprint density at radius 3 is 2.45 bits per heavy atom. The maximum atomic E-state index is 12.0. The van der Waals surface area contributed by atoms with Gasteiger partial charge in [0, 0.05) is 12.6 Å². The largest absolute Gasteiger partial charge is 0.481 e. The number of rotatable bonds is 4. The zero-order chi connectivity index (χ0) is 14.5. The second-order valence-corrected chi connectivity index (χ2v) is 5.72. The van der Waals surface area contributed by atoms with E-state index in [9.17, 15) is 9.59 Å². The van der Waals surface area contributed by atoms with Crippen molar-refractivity contribution in [1.29, 1.82) is 0 Å². The van der Waals surface area contributed by atoms with Crippen molar-refractivity contribution < 1.29 is 19.4 Å². The summed E-state index contributed by atoms with van der Waals surface area (Å²) in [5.41, 5.74) is 0. The fourth-order valence-corrected chi connectivity index (χ4v) is 3.10. The van der Waals surface area contributed by atoms with Crippen molar-refractivity contribution in [3.8, 4) is 0 Å². The van der Waals surface area contributed by atoms with Crippen LogP contribution in [0.15, 0.2) is 0 Å². The number of carbonyl (C=O) groups is 2. The smallest absolute Gasteiger partial charge is 0.315 e. The number of carboxylic acid groups (broad SMARTS) is 1. The third-order valence-electron chi connectivity index (χ3n) is 4.34. The number of amides is 2. The minimum Gasteiger partial charge on any atom is -0.481 e. The number of carbonyl (C=O) groups excluding carboxylic acids is 1. The molecule has 20 heavy (non-hydrogen) atoms. The first kappa shape index (κ1) is 15.1. The van der Waals surface area contributed by atoms with E-state index in [2.05, 4.69) is 17.6 Å². The van der Waals surface area contributed by atoms with Crippen LogP contribution in [0.5, 0.6) is 0 Å².